The molecular weight excluding hydrogens is 313 g/mol. The summed E-state index contributed by atoms with van der Waals surface area (Å²) in [7, 11) is 1.93. The zero-order valence-electron chi connectivity index (χ0n) is 11.2. The van der Waals surface area contributed by atoms with Gasteiger partial charge >= 0.3 is 0 Å². The molecule has 3 atom stereocenters. The standard InChI is InChI=1S/C14H19BrFNO2/c1-3-6-18-14-11(17-2)8-13(14)19-12-5-4-9(16)7-10(12)15/h4-5,7,11,13-14,17H,3,6,8H2,1-2H3. The lowest BCUT2D eigenvalue weighted by molar-refractivity contribution is -0.106. The summed E-state index contributed by atoms with van der Waals surface area (Å²) >= 11 is 3.31. The first-order valence-corrected chi connectivity index (χ1v) is 7.35. The minimum absolute atomic E-state index is 0.0192. The van der Waals surface area contributed by atoms with Gasteiger partial charge in [0.15, 0.2) is 0 Å². The van der Waals surface area contributed by atoms with Gasteiger partial charge in [-0.15, -0.1) is 0 Å². The summed E-state index contributed by atoms with van der Waals surface area (Å²) in [6.07, 6.45) is 1.96. The minimum atomic E-state index is -0.278. The fraction of sp³-hybridized carbons (Fsp3) is 0.571. The number of benzene rings is 1. The van der Waals surface area contributed by atoms with E-state index >= 15 is 0 Å². The highest BCUT2D eigenvalue weighted by Gasteiger charge is 2.43. The second-order valence-electron chi connectivity index (χ2n) is 4.70. The maximum Gasteiger partial charge on any atom is 0.134 e. The fourth-order valence-corrected chi connectivity index (χ4v) is 2.63. The quantitative estimate of drug-likeness (QED) is 0.868. The fourth-order valence-electron chi connectivity index (χ4n) is 2.19. The molecule has 0 heterocycles. The van der Waals surface area contributed by atoms with Crippen molar-refractivity contribution in [3.63, 3.8) is 0 Å². The van der Waals surface area contributed by atoms with E-state index in [9.17, 15) is 4.39 Å². The number of halogens is 2. The van der Waals surface area contributed by atoms with E-state index in [-0.39, 0.29) is 18.0 Å². The van der Waals surface area contributed by atoms with Crippen LogP contribution in [0.5, 0.6) is 5.75 Å². The van der Waals surface area contributed by atoms with Gasteiger partial charge in [0.2, 0.25) is 0 Å². The van der Waals surface area contributed by atoms with Crippen molar-refractivity contribution in [2.24, 2.45) is 0 Å². The van der Waals surface area contributed by atoms with Gasteiger partial charge in [-0.1, -0.05) is 6.92 Å². The van der Waals surface area contributed by atoms with Gasteiger partial charge in [0.25, 0.3) is 0 Å². The average Bonchev–Trinajstić information content (AvgIpc) is 2.36. The lowest BCUT2D eigenvalue weighted by atomic mass is 9.85. The van der Waals surface area contributed by atoms with Crippen molar-refractivity contribution in [2.75, 3.05) is 13.7 Å². The van der Waals surface area contributed by atoms with E-state index in [0.29, 0.717) is 16.3 Å². The Hall–Kier alpha value is -0.650. The van der Waals surface area contributed by atoms with E-state index in [1.54, 1.807) is 6.07 Å². The first kappa shape index (κ1) is 14.8. The van der Waals surface area contributed by atoms with Gasteiger partial charge in [-0.05, 0) is 47.6 Å². The Bertz CT molecular complexity index is 430. The third-order valence-electron chi connectivity index (χ3n) is 3.31. The molecule has 0 bridgehead atoms. The summed E-state index contributed by atoms with van der Waals surface area (Å²) in [5.74, 6) is 0.380. The predicted octanol–water partition coefficient (Wildman–Crippen LogP) is 3.12. The Balaban J connectivity index is 1.98. The molecule has 1 aromatic carbocycles. The Morgan fingerprint density at radius 3 is 2.89 bits per heavy atom. The maximum atomic E-state index is 13.0. The lowest BCUT2D eigenvalue weighted by Crippen LogP contribution is -2.60. The van der Waals surface area contributed by atoms with Gasteiger partial charge in [-0.25, -0.2) is 4.39 Å². The second kappa shape index (κ2) is 6.68. The molecule has 106 valence electrons. The molecule has 1 fully saturated rings. The minimum Gasteiger partial charge on any atom is -0.486 e. The number of hydrogen-bond acceptors (Lipinski definition) is 3. The number of hydrogen-bond donors (Lipinski definition) is 1. The van der Waals surface area contributed by atoms with E-state index in [1.807, 2.05) is 7.05 Å². The Kier molecular flexibility index (Phi) is 5.19. The summed E-state index contributed by atoms with van der Waals surface area (Å²) < 4.78 is 25.4. The summed E-state index contributed by atoms with van der Waals surface area (Å²) in [5.41, 5.74) is 0. The topological polar surface area (TPSA) is 30.5 Å². The summed E-state index contributed by atoms with van der Waals surface area (Å²) in [4.78, 5) is 0. The molecule has 1 saturated carbocycles. The molecule has 0 radical (unpaired) electrons. The molecule has 0 aliphatic heterocycles. The van der Waals surface area contributed by atoms with Crippen LogP contribution in [0.4, 0.5) is 4.39 Å². The van der Waals surface area contributed by atoms with Crippen LogP contribution in [0.1, 0.15) is 19.8 Å². The molecule has 19 heavy (non-hydrogen) atoms. The van der Waals surface area contributed by atoms with Crippen molar-refractivity contribution in [1.82, 2.24) is 5.32 Å². The number of ether oxygens (including phenoxy) is 2. The molecule has 0 spiro atoms. The van der Waals surface area contributed by atoms with Gasteiger partial charge in [0.05, 0.1) is 4.47 Å². The third-order valence-corrected chi connectivity index (χ3v) is 3.93. The van der Waals surface area contributed by atoms with Crippen LogP contribution in [-0.4, -0.2) is 31.9 Å². The van der Waals surface area contributed by atoms with Crippen molar-refractivity contribution >= 4 is 15.9 Å². The Morgan fingerprint density at radius 1 is 1.47 bits per heavy atom. The van der Waals surface area contributed by atoms with E-state index in [0.717, 1.165) is 19.4 Å². The van der Waals surface area contributed by atoms with Crippen LogP contribution in [0.15, 0.2) is 22.7 Å². The molecule has 0 amide bonds. The normalized spacial score (nSPS) is 26.0. The van der Waals surface area contributed by atoms with Crippen molar-refractivity contribution < 1.29 is 13.9 Å². The second-order valence-corrected chi connectivity index (χ2v) is 5.55. The van der Waals surface area contributed by atoms with Crippen LogP contribution in [-0.2, 0) is 4.74 Å². The molecule has 1 aliphatic carbocycles. The van der Waals surface area contributed by atoms with Gasteiger partial charge in [-0.3, -0.25) is 0 Å². The summed E-state index contributed by atoms with van der Waals surface area (Å²) in [6, 6.07) is 4.78. The predicted molar refractivity (Wildman–Crippen MR) is 76.0 cm³/mol. The van der Waals surface area contributed by atoms with Gasteiger partial charge < -0.3 is 14.8 Å². The van der Waals surface area contributed by atoms with E-state index in [2.05, 4.69) is 28.2 Å². The summed E-state index contributed by atoms with van der Waals surface area (Å²) in [6.45, 7) is 2.81. The molecular formula is C14H19BrFNO2. The van der Waals surface area contributed by atoms with Crippen LogP contribution in [0.3, 0.4) is 0 Å². The van der Waals surface area contributed by atoms with Crippen molar-refractivity contribution in [2.45, 2.75) is 38.0 Å². The number of likely N-dealkylation sites (N-methyl/N-ethyl adjacent to an activating group) is 1. The average molecular weight is 332 g/mol. The monoisotopic (exact) mass is 331 g/mol. The van der Waals surface area contributed by atoms with Crippen LogP contribution in [0.2, 0.25) is 0 Å². The van der Waals surface area contributed by atoms with Crippen LogP contribution >= 0.6 is 15.9 Å². The largest absolute Gasteiger partial charge is 0.486 e. The van der Waals surface area contributed by atoms with Gasteiger partial charge in [0, 0.05) is 19.1 Å². The SMILES string of the molecule is CCCOC1C(NC)CC1Oc1ccc(F)cc1Br. The first-order chi connectivity index (χ1) is 9.15. The molecule has 0 aromatic heterocycles. The summed E-state index contributed by atoms with van der Waals surface area (Å²) in [5, 5.41) is 3.22. The van der Waals surface area contributed by atoms with Crippen molar-refractivity contribution in [3.8, 4) is 5.75 Å². The first-order valence-electron chi connectivity index (χ1n) is 6.56. The van der Waals surface area contributed by atoms with E-state index in [4.69, 9.17) is 9.47 Å². The zero-order chi connectivity index (χ0) is 13.8. The maximum absolute atomic E-state index is 13.0. The van der Waals surface area contributed by atoms with E-state index in [1.165, 1.54) is 12.1 Å². The Morgan fingerprint density at radius 2 is 2.26 bits per heavy atom. The Labute approximate surface area is 121 Å². The number of rotatable bonds is 6. The highest BCUT2D eigenvalue weighted by molar-refractivity contribution is 9.10. The molecule has 1 aliphatic rings. The van der Waals surface area contributed by atoms with Crippen LogP contribution in [0, 0.1) is 5.82 Å². The zero-order valence-corrected chi connectivity index (χ0v) is 12.7. The molecule has 2 rings (SSSR count). The van der Waals surface area contributed by atoms with Crippen LogP contribution < -0.4 is 10.1 Å². The molecule has 3 nitrogen and oxygen atoms in total. The molecule has 3 unspecified atom stereocenters. The van der Waals surface area contributed by atoms with E-state index < -0.39 is 0 Å². The number of nitrogens with one attached hydrogen (secondary N) is 1. The molecule has 5 heteroatoms. The molecule has 0 saturated heterocycles. The molecule has 1 N–H and O–H groups in total. The van der Waals surface area contributed by atoms with Crippen LogP contribution in [0.25, 0.3) is 0 Å². The van der Waals surface area contributed by atoms with Crippen molar-refractivity contribution in [1.29, 1.82) is 0 Å². The highest BCUT2D eigenvalue weighted by atomic mass is 79.9. The molecule has 1 aromatic rings. The smallest absolute Gasteiger partial charge is 0.134 e. The van der Waals surface area contributed by atoms with Gasteiger partial charge in [0.1, 0.15) is 23.8 Å². The third kappa shape index (κ3) is 3.46. The van der Waals surface area contributed by atoms with Crippen molar-refractivity contribution in [3.05, 3.63) is 28.5 Å². The van der Waals surface area contributed by atoms with Gasteiger partial charge in [-0.2, -0.15) is 0 Å². The lowest BCUT2D eigenvalue weighted by Gasteiger charge is -2.43. The highest BCUT2D eigenvalue weighted by Crippen LogP contribution is 2.33.